The highest BCUT2D eigenvalue weighted by atomic mass is 127. The molecule has 0 radical (unpaired) electrons. The molecule has 6 nitrogen and oxygen atoms in total. The van der Waals surface area contributed by atoms with E-state index in [0.717, 1.165) is 15.6 Å². The number of nitro groups is 1. The van der Waals surface area contributed by atoms with Gasteiger partial charge in [0.1, 0.15) is 0 Å². The predicted molar refractivity (Wildman–Crippen MR) is 113 cm³/mol. The van der Waals surface area contributed by atoms with E-state index < -0.39 is 4.92 Å². The second-order valence-corrected chi connectivity index (χ2v) is 7.01. The zero-order valence-electron chi connectivity index (χ0n) is 15.2. The highest BCUT2D eigenvalue weighted by molar-refractivity contribution is 14.1. The Hall–Kier alpha value is -2.60. The van der Waals surface area contributed by atoms with Gasteiger partial charge in [-0.25, -0.2) is 0 Å². The third kappa shape index (κ3) is 5.20. The van der Waals surface area contributed by atoms with Crippen molar-refractivity contribution >= 4 is 39.9 Å². The smallest absolute Gasteiger partial charge is 0.270 e. The van der Waals surface area contributed by atoms with E-state index in [2.05, 4.69) is 28.7 Å². The van der Waals surface area contributed by atoms with E-state index in [1.165, 1.54) is 12.1 Å². The Labute approximate surface area is 171 Å². The number of nitrogens with zero attached hydrogens (tertiary/aromatic N) is 2. The van der Waals surface area contributed by atoms with E-state index in [0.29, 0.717) is 22.6 Å². The van der Waals surface area contributed by atoms with Crippen LogP contribution in [0.1, 0.15) is 31.4 Å². The van der Waals surface area contributed by atoms with Crippen LogP contribution in [0.2, 0.25) is 0 Å². The summed E-state index contributed by atoms with van der Waals surface area (Å²) in [7, 11) is 1.56. The van der Waals surface area contributed by atoms with Crippen LogP contribution in [0.25, 0.3) is 11.6 Å². The second kappa shape index (κ2) is 9.37. The van der Waals surface area contributed by atoms with Crippen LogP contribution in [0.5, 0.6) is 11.5 Å². The number of nitriles is 1. The number of nitro benzene ring substituents is 1. The molecule has 140 valence electrons. The lowest BCUT2D eigenvalue weighted by Gasteiger charge is -2.17. The van der Waals surface area contributed by atoms with Gasteiger partial charge in [-0.15, -0.1) is 0 Å². The fourth-order valence-corrected chi connectivity index (χ4v) is 3.11. The molecule has 2 aromatic rings. The third-order valence-electron chi connectivity index (χ3n) is 3.95. The van der Waals surface area contributed by atoms with Gasteiger partial charge in [0, 0.05) is 12.1 Å². The van der Waals surface area contributed by atoms with Crippen LogP contribution in [0.4, 0.5) is 5.69 Å². The van der Waals surface area contributed by atoms with Crippen molar-refractivity contribution in [3.63, 3.8) is 0 Å². The Morgan fingerprint density at radius 2 is 2.15 bits per heavy atom. The van der Waals surface area contributed by atoms with E-state index in [-0.39, 0.29) is 11.8 Å². The number of hydrogen-bond donors (Lipinski definition) is 0. The Morgan fingerprint density at radius 3 is 2.74 bits per heavy atom. The predicted octanol–water partition coefficient (Wildman–Crippen LogP) is 5.45. The molecule has 0 spiro atoms. The molecule has 2 rings (SSSR count). The monoisotopic (exact) mass is 478 g/mol. The summed E-state index contributed by atoms with van der Waals surface area (Å²) in [5, 5.41) is 20.5. The van der Waals surface area contributed by atoms with Crippen molar-refractivity contribution < 1.29 is 14.4 Å². The average Bonchev–Trinajstić information content (AvgIpc) is 2.67. The van der Waals surface area contributed by atoms with Crippen LogP contribution in [0, 0.1) is 25.0 Å². The van der Waals surface area contributed by atoms with Crippen molar-refractivity contribution in [2.45, 2.75) is 26.4 Å². The molecular formula is C20H19IN2O4. The van der Waals surface area contributed by atoms with Crippen molar-refractivity contribution in [3.05, 3.63) is 61.2 Å². The molecule has 0 aliphatic rings. The number of benzene rings is 2. The fourth-order valence-electron chi connectivity index (χ4n) is 2.36. The lowest BCUT2D eigenvalue weighted by molar-refractivity contribution is -0.384. The minimum absolute atomic E-state index is 0.0494. The second-order valence-electron chi connectivity index (χ2n) is 5.85. The van der Waals surface area contributed by atoms with E-state index >= 15 is 0 Å². The van der Waals surface area contributed by atoms with Gasteiger partial charge in [-0.1, -0.05) is 19.1 Å². The van der Waals surface area contributed by atoms with Crippen LogP contribution in [-0.4, -0.2) is 18.1 Å². The summed E-state index contributed by atoms with van der Waals surface area (Å²) < 4.78 is 12.2. The highest BCUT2D eigenvalue weighted by Gasteiger charge is 2.15. The molecule has 0 fully saturated rings. The van der Waals surface area contributed by atoms with Gasteiger partial charge in [0.05, 0.1) is 33.3 Å². The van der Waals surface area contributed by atoms with Crippen molar-refractivity contribution in [1.82, 2.24) is 0 Å². The summed E-state index contributed by atoms with van der Waals surface area (Å²) in [6.45, 7) is 4.03. The molecule has 0 heterocycles. The van der Waals surface area contributed by atoms with Crippen LogP contribution >= 0.6 is 22.6 Å². The fraction of sp³-hybridized carbons (Fsp3) is 0.250. The summed E-state index contributed by atoms with van der Waals surface area (Å²) >= 11 is 2.17. The van der Waals surface area contributed by atoms with Crippen LogP contribution in [0.3, 0.4) is 0 Å². The number of hydrogen-bond acceptors (Lipinski definition) is 5. The maximum Gasteiger partial charge on any atom is 0.270 e. The molecule has 0 saturated carbocycles. The van der Waals surface area contributed by atoms with Gasteiger partial charge < -0.3 is 9.47 Å². The van der Waals surface area contributed by atoms with Gasteiger partial charge in [-0.3, -0.25) is 10.1 Å². The zero-order valence-corrected chi connectivity index (χ0v) is 17.4. The summed E-state index contributed by atoms with van der Waals surface area (Å²) in [6.07, 6.45) is 2.59. The first-order valence-electron chi connectivity index (χ1n) is 8.30. The molecule has 2 aromatic carbocycles. The number of allylic oxidation sites excluding steroid dienone is 1. The summed E-state index contributed by atoms with van der Waals surface area (Å²) in [5.74, 6) is 1.24. The minimum atomic E-state index is -0.481. The Kier molecular flexibility index (Phi) is 7.19. The molecule has 0 N–H and O–H groups in total. The van der Waals surface area contributed by atoms with E-state index in [1.807, 2.05) is 19.9 Å². The van der Waals surface area contributed by atoms with Crippen molar-refractivity contribution in [3.8, 4) is 17.6 Å². The van der Waals surface area contributed by atoms with Gasteiger partial charge in [-0.05, 0) is 65.3 Å². The van der Waals surface area contributed by atoms with Crippen LogP contribution in [-0.2, 0) is 0 Å². The SMILES string of the molecule is CC[C@@H](C)Oc1c(I)cc(/C=C(/C#N)c2cccc([N+](=O)[O-])c2)cc1OC. The topological polar surface area (TPSA) is 85.4 Å². The molecule has 0 amide bonds. The van der Waals surface area contributed by atoms with Crippen molar-refractivity contribution in [2.75, 3.05) is 7.11 Å². The zero-order chi connectivity index (χ0) is 20.0. The molecule has 0 aliphatic carbocycles. The molecule has 0 saturated heterocycles. The molecule has 0 unspecified atom stereocenters. The maximum absolute atomic E-state index is 11.0. The van der Waals surface area contributed by atoms with Gasteiger partial charge in [0.25, 0.3) is 5.69 Å². The van der Waals surface area contributed by atoms with Crippen molar-refractivity contribution in [2.24, 2.45) is 0 Å². The van der Waals surface area contributed by atoms with Crippen molar-refractivity contribution in [1.29, 1.82) is 5.26 Å². The summed E-state index contributed by atoms with van der Waals surface area (Å²) in [6, 6.07) is 11.8. The van der Waals surface area contributed by atoms with Crippen LogP contribution < -0.4 is 9.47 Å². The Morgan fingerprint density at radius 1 is 1.41 bits per heavy atom. The first-order valence-corrected chi connectivity index (χ1v) is 9.38. The lowest BCUT2D eigenvalue weighted by atomic mass is 10.0. The molecule has 0 aliphatic heterocycles. The lowest BCUT2D eigenvalue weighted by Crippen LogP contribution is -2.11. The standard InChI is InChI=1S/C20H19IN2O4/c1-4-13(2)27-20-18(21)9-14(10-19(20)26-3)8-16(12-22)15-6-5-7-17(11-15)23(24)25/h5-11,13H,4H2,1-3H3/b16-8-/t13-/m1/s1. The molecular weight excluding hydrogens is 459 g/mol. The van der Waals surface area contributed by atoms with Gasteiger partial charge in [0.2, 0.25) is 0 Å². The number of rotatable bonds is 7. The van der Waals surface area contributed by atoms with Gasteiger partial charge in [0.15, 0.2) is 11.5 Å². The summed E-state index contributed by atoms with van der Waals surface area (Å²) in [4.78, 5) is 10.5. The third-order valence-corrected chi connectivity index (χ3v) is 4.75. The summed E-state index contributed by atoms with van der Waals surface area (Å²) in [5.41, 5.74) is 1.50. The van der Waals surface area contributed by atoms with E-state index in [1.54, 1.807) is 31.4 Å². The molecule has 7 heteroatoms. The number of ether oxygens (including phenoxy) is 2. The average molecular weight is 478 g/mol. The first kappa shape index (κ1) is 20.7. The largest absolute Gasteiger partial charge is 0.493 e. The van der Waals surface area contributed by atoms with E-state index in [9.17, 15) is 15.4 Å². The number of halogens is 1. The first-order chi connectivity index (χ1) is 12.9. The molecule has 1 atom stereocenters. The molecule has 0 bridgehead atoms. The van der Waals surface area contributed by atoms with Crippen LogP contribution in [0.15, 0.2) is 36.4 Å². The number of non-ortho nitro benzene ring substituents is 1. The maximum atomic E-state index is 11.0. The Bertz CT molecular complexity index is 919. The molecule has 0 aromatic heterocycles. The molecule has 27 heavy (non-hydrogen) atoms. The highest BCUT2D eigenvalue weighted by Crippen LogP contribution is 2.36. The normalized spacial score (nSPS) is 12.2. The Balaban J connectivity index is 2.47. The number of methoxy groups -OCH3 is 1. The quantitative estimate of drug-likeness (QED) is 0.174. The van der Waals surface area contributed by atoms with E-state index in [4.69, 9.17) is 9.47 Å². The minimum Gasteiger partial charge on any atom is -0.493 e. The van der Waals surface area contributed by atoms with Gasteiger partial charge >= 0.3 is 0 Å². The van der Waals surface area contributed by atoms with Gasteiger partial charge in [-0.2, -0.15) is 5.26 Å².